The van der Waals surface area contributed by atoms with Gasteiger partial charge >= 0.3 is 12.1 Å². The molecule has 1 aliphatic rings. The molecule has 2 heterocycles. The fourth-order valence-corrected chi connectivity index (χ4v) is 2.68. The number of nitrogens with zero attached hydrogens (tertiary/aromatic N) is 2. The van der Waals surface area contributed by atoms with Crippen LogP contribution in [0, 0.1) is 5.92 Å². The van der Waals surface area contributed by atoms with Gasteiger partial charge in [-0.25, -0.2) is 14.6 Å². The zero-order valence-electron chi connectivity index (χ0n) is 17.9. The van der Waals surface area contributed by atoms with Crippen LogP contribution in [0.5, 0.6) is 0 Å². The summed E-state index contributed by atoms with van der Waals surface area (Å²) in [5.41, 5.74) is -0.681. The van der Waals surface area contributed by atoms with Crippen LogP contribution in [0.4, 0.5) is 10.6 Å². The molecule has 1 aliphatic heterocycles. The lowest BCUT2D eigenvalue weighted by molar-refractivity contribution is -0.155. The molecule has 2 unspecified atom stereocenters. The number of esters is 1. The molecule has 9 heteroatoms. The van der Waals surface area contributed by atoms with Gasteiger partial charge in [0.15, 0.2) is 5.82 Å². The zero-order valence-corrected chi connectivity index (χ0v) is 17.9. The summed E-state index contributed by atoms with van der Waals surface area (Å²) in [6.07, 6.45) is 1.10. The molecule has 1 saturated heterocycles. The lowest BCUT2D eigenvalue weighted by atomic mass is 9.85. The second-order valence-corrected chi connectivity index (χ2v) is 8.82. The van der Waals surface area contributed by atoms with Crippen molar-refractivity contribution < 1.29 is 28.7 Å². The summed E-state index contributed by atoms with van der Waals surface area (Å²) in [5.74, 6) is -1.04. The van der Waals surface area contributed by atoms with Crippen LogP contribution in [-0.2, 0) is 30.3 Å². The summed E-state index contributed by atoms with van der Waals surface area (Å²) in [4.78, 5) is 46.3. The number of carbonyl (C=O) groups excluding carboxylic acids is 3. The number of pyridine rings is 1. The van der Waals surface area contributed by atoms with E-state index in [0.29, 0.717) is 6.42 Å². The lowest BCUT2D eigenvalue weighted by Gasteiger charge is -2.34. The number of nitrogens with one attached hydrogen (secondary N) is 1. The molecule has 1 fully saturated rings. The highest BCUT2D eigenvalue weighted by Gasteiger charge is 2.44. The Balaban J connectivity index is 2.26. The maximum atomic E-state index is 12.7. The summed E-state index contributed by atoms with van der Waals surface area (Å²) in [7, 11) is 1.27. The van der Waals surface area contributed by atoms with Crippen molar-refractivity contribution in [1.82, 2.24) is 10.3 Å². The standard InChI is InChI=1S/C20H29N3O6/c1-19(2,3)28-18(26)23(29-20(4,5)6)14-11-12(8-9-21-14)10-13-15(17(25)27-7)22-16(13)24/h8-9,11,13,15H,10H2,1-7H3,(H,22,24). The SMILES string of the molecule is COC(=O)C1NC(=O)C1Cc1ccnc(N(OC(C)(C)C)C(=O)OC(C)(C)C)c1. The first-order valence-electron chi connectivity index (χ1n) is 9.36. The molecule has 0 aliphatic carbocycles. The fourth-order valence-electron chi connectivity index (χ4n) is 2.68. The third kappa shape index (κ3) is 6.15. The lowest BCUT2D eigenvalue weighted by Crippen LogP contribution is -2.62. The number of aromatic nitrogens is 1. The van der Waals surface area contributed by atoms with E-state index in [9.17, 15) is 14.4 Å². The Kier molecular flexibility index (Phi) is 6.52. The zero-order chi connectivity index (χ0) is 22.0. The first-order chi connectivity index (χ1) is 13.3. The maximum absolute atomic E-state index is 12.7. The number of rotatable bonds is 5. The first-order valence-corrected chi connectivity index (χ1v) is 9.36. The van der Waals surface area contributed by atoms with E-state index >= 15 is 0 Å². The van der Waals surface area contributed by atoms with Crippen molar-refractivity contribution in [2.75, 3.05) is 12.2 Å². The molecule has 2 amide bonds. The van der Waals surface area contributed by atoms with Crippen LogP contribution in [0.2, 0.25) is 0 Å². The smallest absolute Gasteiger partial charge is 0.440 e. The Hall–Kier alpha value is -2.68. The third-order valence-corrected chi connectivity index (χ3v) is 3.89. The van der Waals surface area contributed by atoms with Gasteiger partial charge in [0.25, 0.3) is 0 Å². The van der Waals surface area contributed by atoms with Gasteiger partial charge in [-0.2, -0.15) is 0 Å². The first kappa shape index (κ1) is 22.6. The molecular formula is C20H29N3O6. The Morgan fingerprint density at radius 3 is 2.34 bits per heavy atom. The number of hydrogen-bond acceptors (Lipinski definition) is 7. The van der Waals surface area contributed by atoms with Crippen LogP contribution in [0.25, 0.3) is 0 Å². The second-order valence-electron chi connectivity index (χ2n) is 8.82. The molecule has 0 radical (unpaired) electrons. The number of β-lactam (4-membered cyclic amide) rings is 1. The molecule has 1 N–H and O–H groups in total. The molecule has 2 atom stereocenters. The Labute approximate surface area is 170 Å². The molecule has 9 nitrogen and oxygen atoms in total. The minimum Gasteiger partial charge on any atom is -0.467 e. The summed E-state index contributed by atoms with van der Waals surface area (Å²) in [6.45, 7) is 10.7. The largest absolute Gasteiger partial charge is 0.467 e. The van der Waals surface area contributed by atoms with Gasteiger partial charge in [-0.3, -0.25) is 9.63 Å². The molecule has 1 aromatic rings. The summed E-state index contributed by atoms with van der Waals surface area (Å²) in [5, 5.41) is 3.55. The summed E-state index contributed by atoms with van der Waals surface area (Å²) >= 11 is 0. The highest BCUT2D eigenvalue weighted by atomic mass is 16.7. The Bertz CT molecular complexity index is 781. The predicted molar refractivity (Wildman–Crippen MR) is 105 cm³/mol. The van der Waals surface area contributed by atoms with Gasteiger partial charge in [-0.05, 0) is 65.7 Å². The molecule has 29 heavy (non-hydrogen) atoms. The molecule has 0 aromatic carbocycles. The normalized spacial score (nSPS) is 19.1. The van der Waals surface area contributed by atoms with Crippen LogP contribution in [0.15, 0.2) is 18.3 Å². The van der Waals surface area contributed by atoms with Crippen molar-refractivity contribution in [3.8, 4) is 0 Å². The highest BCUT2D eigenvalue weighted by molar-refractivity contribution is 5.97. The molecule has 0 saturated carbocycles. The van der Waals surface area contributed by atoms with Crippen molar-refractivity contribution in [3.63, 3.8) is 0 Å². The number of ether oxygens (including phenoxy) is 2. The van der Waals surface area contributed by atoms with Crippen molar-refractivity contribution in [1.29, 1.82) is 0 Å². The van der Waals surface area contributed by atoms with Crippen LogP contribution in [0.1, 0.15) is 47.1 Å². The van der Waals surface area contributed by atoms with E-state index < -0.39 is 35.2 Å². The number of hydroxylamine groups is 1. The molecule has 0 bridgehead atoms. The second kappa shape index (κ2) is 8.36. The minimum absolute atomic E-state index is 0.223. The molecule has 1 aromatic heterocycles. The van der Waals surface area contributed by atoms with Crippen molar-refractivity contribution >= 4 is 23.8 Å². The Morgan fingerprint density at radius 1 is 1.17 bits per heavy atom. The van der Waals surface area contributed by atoms with Crippen LogP contribution >= 0.6 is 0 Å². The fraction of sp³-hybridized carbons (Fsp3) is 0.600. The van der Waals surface area contributed by atoms with Crippen molar-refractivity contribution in [2.45, 2.75) is 65.2 Å². The van der Waals surface area contributed by atoms with Crippen molar-refractivity contribution in [2.24, 2.45) is 5.92 Å². The number of amides is 2. The highest BCUT2D eigenvalue weighted by Crippen LogP contribution is 2.25. The topological polar surface area (TPSA) is 107 Å². The maximum Gasteiger partial charge on any atom is 0.440 e. The van der Waals surface area contributed by atoms with Gasteiger partial charge < -0.3 is 14.8 Å². The average Bonchev–Trinajstić information content (AvgIpc) is 2.59. The van der Waals surface area contributed by atoms with Crippen LogP contribution in [0.3, 0.4) is 0 Å². The van der Waals surface area contributed by atoms with E-state index in [2.05, 4.69) is 10.3 Å². The van der Waals surface area contributed by atoms with E-state index in [1.807, 2.05) is 0 Å². The van der Waals surface area contributed by atoms with E-state index in [4.69, 9.17) is 14.3 Å². The molecule has 160 valence electrons. The van der Waals surface area contributed by atoms with E-state index in [0.717, 1.165) is 10.6 Å². The van der Waals surface area contributed by atoms with Gasteiger partial charge in [-0.15, -0.1) is 5.06 Å². The average molecular weight is 407 g/mol. The molecule has 2 rings (SSSR count). The monoisotopic (exact) mass is 407 g/mol. The predicted octanol–water partition coefficient (Wildman–Crippen LogP) is 2.38. The number of carbonyl (C=O) groups is 3. The summed E-state index contributed by atoms with van der Waals surface area (Å²) in [6, 6.07) is 2.67. The van der Waals surface area contributed by atoms with Crippen LogP contribution < -0.4 is 10.4 Å². The molecule has 0 spiro atoms. The molecular weight excluding hydrogens is 378 g/mol. The van der Waals surface area contributed by atoms with E-state index in [1.165, 1.54) is 13.3 Å². The third-order valence-electron chi connectivity index (χ3n) is 3.89. The Morgan fingerprint density at radius 2 is 1.83 bits per heavy atom. The number of methoxy groups -OCH3 is 1. The number of hydrogen-bond donors (Lipinski definition) is 1. The van der Waals surface area contributed by atoms with Gasteiger partial charge in [0.1, 0.15) is 11.6 Å². The van der Waals surface area contributed by atoms with Crippen LogP contribution in [-0.4, -0.2) is 47.3 Å². The van der Waals surface area contributed by atoms with E-state index in [-0.39, 0.29) is 11.7 Å². The van der Waals surface area contributed by atoms with Gasteiger partial charge in [0.05, 0.1) is 18.6 Å². The van der Waals surface area contributed by atoms with E-state index in [1.54, 1.807) is 53.7 Å². The van der Waals surface area contributed by atoms with Gasteiger partial charge in [-0.1, -0.05) is 0 Å². The van der Waals surface area contributed by atoms with Gasteiger partial charge in [0.2, 0.25) is 5.91 Å². The minimum atomic E-state index is -0.716. The number of anilines is 1. The quantitative estimate of drug-likeness (QED) is 0.454. The summed E-state index contributed by atoms with van der Waals surface area (Å²) < 4.78 is 10.1. The van der Waals surface area contributed by atoms with Crippen molar-refractivity contribution in [3.05, 3.63) is 23.9 Å². The van der Waals surface area contributed by atoms with Gasteiger partial charge in [0, 0.05) is 6.20 Å².